The highest BCUT2D eigenvalue weighted by Crippen LogP contribution is 2.18. The maximum Gasteiger partial charge on any atom is 0.0293 e. The summed E-state index contributed by atoms with van der Waals surface area (Å²) in [6.45, 7) is 13.3. The second-order valence-corrected chi connectivity index (χ2v) is 11.8. The van der Waals surface area contributed by atoms with E-state index in [0.29, 0.717) is 0 Å². The zero-order valence-corrected chi connectivity index (χ0v) is 25.6. The Hall–Kier alpha value is -0.120. The van der Waals surface area contributed by atoms with Crippen LogP contribution < -0.4 is 0 Å². The van der Waals surface area contributed by atoms with Crippen LogP contribution in [0.4, 0.5) is 0 Å². The molecule has 0 aromatic carbocycles. The highest BCUT2D eigenvalue weighted by molar-refractivity contribution is 4.65. The van der Waals surface area contributed by atoms with E-state index in [4.69, 9.17) is 0 Å². The van der Waals surface area contributed by atoms with Gasteiger partial charge in [-0.1, -0.05) is 149 Å². The third kappa shape index (κ3) is 19.0. The molecular formula is C33H69N3. The molecule has 0 saturated carbocycles. The molecule has 216 valence electrons. The smallest absolute Gasteiger partial charge is 0.0293 e. The molecular weight excluding hydrogens is 438 g/mol. The quantitative estimate of drug-likeness (QED) is 0.143. The molecule has 1 rings (SSSR count). The first-order valence-electron chi connectivity index (χ1n) is 17.1. The van der Waals surface area contributed by atoms with Gasteiger partial charge in [-0.05, 0) is 32.1 Å². The average molecular weight is 508 g/mol. The van der Waals surface area contributed by atoms with E-state index in [2.05, 4.69) is 35.9 Å². The van der Waals surface area contributed by atoms with Crippen molar-refractivity contribution < 1.29 is 0 Å². The minimum absolute atomic E-state index is 1.25. The average Bonchev–Trinajstić information content (AvgIpc) is 2.88. The predicted molar refractivity (Wildman–Crippen MR) is 162 cm³/mol. The van der Waals surface area contributed by atoms with E-state index < -0.39 is 0 Å². The zero-order valence-electron chi connectivity index (χ0n) is 25.6. The summed E-state index contributed by atoms with van der Waals surface area (Å²) in [5.41, 5.74) is 0. The van der Waals surface area contributed by atoms with Crippen LogP contribution in [0.3, 0.4) is 0 Å². The summed E-state index contributed by atoms with van der Waals surface area (Å²) in [6.07, 6.45) is 35.2. The fourth-order valence-electron chi connectivity index (χ4n) is 5.80. The monoisotopic (exact) mass is 508 g/mol. The summed E-state index contributed by atoms with van der Waals surface area (Å²) in [7, 11) is 0. The van der Waals surface area contributed by atoms with Gasteiger partial charge in [0.25, 0.3) is 0 Å². The van der Waals surface area contributed by atoms with Crippen LogP contribution in [0.25, 0.3) is 0 Å². The molecule has 1 aliphatic rings. The maximum atomic E-state index is 2.82. The van der Waals surface area contributed by atoms with E-state index in [0.717, 1.165) is 0 Å². The van der Waals surface area contributed by atoms with Gasteiger partial charge in [-0.15, -0.1) is 0 Å². The summed E-state index contributed by atoms with van der Waals surface area (Å²) in [5.74, 6) is 0. The van der Waals surface area contributed by atoms with Crippen molar-refractivity contribution in [3.05, 3.63) is 0 Å². The number of unbranched alkanes of at least 4 members (excludes halogenated alkanes) is 15. The van der Waals surface area contributed by atoms with Crippen molar-refractivity contribution in [1.29, 1.82) is 0 Å². The number of rotatable bonds is 21. The molecule has 0 aliphatic carbocycles. The Kier molecular flexibility index (Phi) is 24.9. The molecule has 0 aromatic heterocycles. The SMILES string of the molecule is CCCCCCCCN1CCCCCCCCCN(CCCCCCCC)N1CCCCCCCC. The fourth-order valence-corrected chi connectivity index (χ4v) is 5.80. The van der Waals surface area contributed by atoms with E-state index in [1.165, 1.54) is 193 Å². The minimum Gasteiger partial charge on any atom is -0.228 e. The third-order valence-electron chi connectivity index (χ3n) is 8.24. The normalized spacial score (nSPS) is 17.8. The van der Waals surface area contributed by atoms with Gasteiger partial charge in [-0.3, -0.25) is 0 Å². The molecule has 0 amide bonds. The molecule has 0 radical (unpaired) electrons. The lowest BCUT2D eigenvalue weighted by molar-refractivity contribution is -0.189. The van der Waals surface area contributed by atoms with Gasteiger partial charge in [-0.2, -0.15) is 5.12 Å². The summed E-state index contributed by atoms with van der Waals surface area (Å²) in [4.78, 5) is 0. The van der Waals surface area contributed by atoms with Crippen molar-refractivity contribution in [2.75, 3.05) is 32.7 Å². The summed E-state index contributed by atoms with van der Waals surface area (Å²) in [6, 6.07) is 0. The standard InChI is InChI=1S/C33H69N3/c1-4-7-10-13-19-24-29-34-31-26-21-17-16-18-22-27-32-35(30-25-20-14-11-8-5-2)36(34)33-28-23-15-12-9-6-3/h4-33H2,1-3H3. The third-order valence-corrected chi connectivity index (χ3v) is 8.24. The summed E-state index contributed by atoms with van der Waals surface area (Å²) in [5, 5.41) is 8.45. The Bertz CT molecular complexity index is 397. The van der Waals surface area contributed by atoms with Gasteiger partial charge in [0.2, 0.25) is 0 Å². The van der Waals surface area contributed by atoms with Gasteiger partial charge in [-0.25, -0.2) is 10.0 Å². The zero-order chi connectivity index (χ0) is 25.9. The largest absolute Gasteiger partial charge is 0.228 e. The van der Waals surface area contributed by atoms with Crippen LogP contribution >= 0.6 is 0 Å². The molecule has 1 saturated heterocycles. The van der Waals surface area contributed by atoms with Crippen LogP contribution in [-0.2, 0) is 0 Å². The van der Waals surface area contributed by atoms with Crippen LogP contribution in [0.2, 0.25) is 0 Å². The molecule has 0 N–H and O–H groups in total. The van der Waals surface area contributed by atoms with Gasteiger partial charge in [0, 0.05) is 32.7 Å². The molecule has 3 nitrogen and oxygen atoms in total. The topological polar surface area (TPSA) is 9.72 Å². The molecule has 1 heterocycles. The lowest BCUT2D eigenvalue weighted by Crippen LogP contribution is -2.55. The first-order chi connectivity index (χ1) is 17.8. The molecule has 0 aromatic rings. The van der Waals surface area contributed by atoms with Gasteiger partial charge in [0.1, 0.15) is 0 Å². The first-order valence-corrected chi connectivity index (χ1v) is 17.1. The van der Waals surface area contributed by atoms with Gasteiger partial charge < -0.3 is 0 Å². The van der Waals surface area contributed by atoms with E-state index in [1.807, 2.05) is 0 Å². The van der Waals surface area contributed by atoms with Crippen molar-refractivity contribution in [2.45, 2.75) is 181 Å². The van der Waals surface area contributed by atoms with Crippen molar-refractivity contribution in [3.8, 4) is 0 Å². The number of hydrogen-bond acceptors (Lipinski definition) is 3. The minimum atomic E-state index is 1.25. The summed E-state index contributed by atoms with van der Waals surface area (Å²) < 4.78 is 0. The van der Waals surface area contributed by atoms with Gasteiger partial charge >= 0.3 is 0 Å². The van der Waals surface area contributed by atoms with Crippen molar-refractivity contribution in [3.63, 3.8) is 0 Å². The van der Waals surface area contributed by atoms with Crippen molar-refractivity contribution in [2.24, 2.45) is 0 Å². The molecule has 36 heavy (non-hydrogen) atoms. The first kappa shape index (κ1) is 33.9. The number of nitrogens with zero attached hydrogens (tertiary/aromatic N) is 3. The molecule has 0 atom stereocenters. The molecule has 1 fully saturated rings. The van der Waals surface area contributed by atoms with Crippen LogP contribution in [0.1, 0.15) is 181 Å². The van der Waals surface area contributed by atoms with E-state index in [9.17, 15) is 0 Å². The molecule has 0 unspecified atom stereocenters. The predicted octanol–water partition coefficient (Wildman–Crippen LogP) is 10.5. The second kappa shape index (κ2) is 26.5. The Morgan fingerprint density at radius 1 is 0.333 bits per heavy atom. The van der Waals surface area contributed by atoms with Gasteiger partial charge in [0.05, 0.1) is 0 Å². The van der Waals surface area contributed by atoms with Crippen molar-refractivity contribution in [1.82, 2.24) is 15.1 Å². The summed E-state index contributed by atoms with van der Waals surface area (Å²) >= 11 is 0. The van der Waals surface area contributed by atoms with E-state index in [-0.39, 0.29) is 0 Å². The highest BCUT2D eigenvalue weighted by Gasteiger charge is 2.22. The maximum absolute atomic E-state index is 2.82. The lowest BCUT2D eigenvalue weighted by atomic mass is 10.1. The van der Waals surface area contributed by atoms with E-state index >= 15 is 0 Å². The van der Waals surface area contributed by atoms with Crippen molar-refractivity contribution >= 4 is 0 Å². The Morgan fingerprint density at radius 2 is 0.639 bits per heavy atom. The lowest BCUT2D eigenvalue weighted by Gasteiger charge is -2.43. The molecule has 0 bridgehead atoms. The molecule has 1 aliphatic heterocycles. The fraction of sp³-hybridized carbons (Fsp3) is 1.00. The van der Waals surface area contributed by atoms with Crippen LogP contribution in [0.15, 0.2) is 0 Å². The Labute approximate surface area is 229 Å². The molecule has 0 spiro atoms. The number of hydrogen-bond donors (Lipinski definition) is 0. The van der Waals surface area contributed by atoms with Gasteiger partial charge in [0.15, 0.2) is 0 Å². The van der Waals surface area contributed by atoms with Crippen LogP contribution in [0, 0.1) is 0 Å². The Morgan fingerprint density at radius 3 is 1.03 bits per heavy atom. The number of hydrazine groups is 2. The second-order valence-electron chi connectivity index (χ2n) is 11.8. The van der Waals surface area contributed by atoms with Crippen LogP contribution in [0.5, 0.6) is 0 Å². The Balaban J connectivity index is 2.78. The molecule has 3 heteroatoms. The highest BCUT2D eigenvalue weighted by atomic mass is 15.9. The van der Waals surface area contributed by atoms with E-state index in [1.54, 1.807) is 0 Å². The van der Waals surface area contributed by atoms with Crippen LogP contribution in [-0.4, -0.2) is 47.9 Å².